The first-order chi connectivity index (χ1) is 14.5. The predicted molar refractivity (Wildman–Crippen MR) is 115 cm³/mol. The van der Waals surface area contributed by atoms with Crippen LogP contribution in [0.2, 0.25) is 0 Å². The van der Waals surface area contributed by atoms with Crippen LogP contribution in [0.5, 0.6) is 11.5 Å². The maximum atomic E-state index is 13.6. The molecule has 2 aliphatic rings. The summed E-state index contributed by atoms with van der Waals surface area (Å²) in [7, 11) is 1.60. The fourth-order valence-corrected chi connectivity index (χ4v) is 3.98. The number of hydrogen-bond donors (Lipinski definition) is 0. The van der Waals surface area contributed by atoms with Gasteiger partial charge in [-0.2, -0.15) is 0 Å². The normalized spacial score (nSPS) is 16.8. The van der Waals surface area contributed by atoms with Crippen molar-refractivity contribution in [3.05, 3.63) is 59.8 Å². The van der Waals surface area contributed by atoms with Gasteiger partial charge in [0.25, 0.3) is 11.8 Å². The monoisotopic (exact) mass is 406 g/mol. The number of methoxy groups -OCH3 is 1. The van der Waals surface area contributed by atoms with Crippen molar-refractivity contribution in [1.82, 2.24) is 4.90 Å². The maximum absolute atomic E-state index is 13.6. The zero-order valence-electron chi connectivity index (χ0n) is 17.6. The Kier molecular flexibility index (Phi) is 5.48. The van der Waals surface area contributed by atoms with E-state index in [1.807, 2.05) is 43.0 Å². The summed E-state index contributed by atoms with van der Waals surface area (Å²) >= 11 is 0. The van der Waals surface area contributed by atoms with Crippen molar-refractivity contribution in [3.8, 4) is 11.5 Å². The van der Waals surface area contributed by atoms with Gasteiger partial charge in [0.2, 0.25) is 0 Å². The molecule has 0 saturated carbocycles. The zero-order chi connectivity index (χ0) is 21.3. The van der Waals surface area contributed by atoms with E-state index in [0.717, 1.165) is 25.9 Å². The van der Waals surface area contributed by atoms with E-state index in [0.29, 0.717) is 34.0 Å². The molecule has 2 amide bonds. The van der Waals surface area contributed by atoms with E-state index < -0.39 is 0 Å². The molecule has 6 nitrogen and oxygen atoms in total. The van der Waals surface area contributed by atoms with E-state index in [2.05, 4.69) is 0 Å². The van der Waals surface area contributed by atoms with Gasteiger partial charge in [0.15, 0.2) is 0 Å². The Morgan fingerprint density at radius 2 is 1.57 bits per heavy atom. The number of para-hydroxylation sites is 2. The largest absolute Gasteiger partial charge is 0.497 e. The molecule has 1 saturated heterocycles. The maximum Gasteiger partial charge on any atom is 0.282 e. The number of benzene rings is 2. The molecule has 2 aliphatic heterocycles. The van der Waals surface area contributed by atoms with Crippen molar-refractivity contribution in [2.24, 2.45) is 0 Å². The van der Waals surface area contributed by atoms with Gasteiger partial charge < -0.3 is 14.4 Å². The van der Waals surface area contributed by atoms with E-state index >= 15 is 0 Å². The molecular weight excluding hydrogens is 380 g/mol. The lowest BCUT2D eigenvalue weighted by molar-refractivity contribution is -0.120. The average molecular weight is 406 g/mol. The van der Waals surface area contributed by atoms with Gasteiger partial charge in [-0.15, -0.1) is 0 Å². The molecule has 0 bridgehead atoms. The minimum absolute atomic E-state index is 0.0778. The third-order valence-electron chi connectivity index (χ3n) is 5.33. The van der Waals surface area contributed by atoms with E-state index in [-0.39, 0.29) is 17.9 Å². The molecule has 0 aromatic heterocycles. The third-order valence-corrected chi connectivity index (χ3v) is 5.33. The molecule has 156 valence electrons. The van der Waals surface area contributed by atoms with Crippen LogP contribution in [0.4, 0.5) is 5.69 Å². The second-order valence-electron chi connectivity index (χ2n) is 7.73. The van der Waals surface area contributed by atoms with Gasteiger partial charge in [-0.25, -0.2) is 4.90 Å². The highest BCUT2D eigenvalue weighted by Gasteiger charge is 2.43. The molecule has 0 aliphatic carbocycles. The Bertz CT molecular complexity index is 989. The molecule has 0 radical (unpaired) electrons. The van der Waals surface area contributed by atoms with Crippen LogP contribution >= 0.6 is 0 Å². The fourth-order valence-electron chi connectivity index (χ4n) is 3.98. The minimum Gasteiger partial charge on any atom is -0.497 e. The van der Waals surface area contributed by atoms with Gasteiger partial charge in [-0.05, 0) is 56.5 Å². The number of amides is 2. The zero-order valence-corrected chi connectivity index (χ0v) is 17.6. The molecule has 2 aromatic rings. The second-order valence-corrected chi connectivity index (χ2v) is 7.73. The SMILES string of the molecule is COc1ccc(C2=C(N3CCCC3)C(=O)N(c3ccccc3OC(C)C)C2=O)cc1. The molecule has 0 spiro atoms. The van der Waals surface area contributed by atoms with Crippen molar-refractivity contribution in [2.45, 2.75) is 32.8 Å². The molecule has 30 heavy (non-hydrogen) atoms. The van der Waals surface area contributed by atoms with E-state index in [4.69, 9.17) is 9.47 Å². The summed E-state index contributed by atoms with van der Waals surface area (Å²) < 4.78 is 11.1. The number of anilines is 1. The van der Waals surface area contributed by atoms with Crippen LogP contribution in [-0.4, -0.2) is 43.0 Å². The Labute approximate surface area is 176 Å². The van der Waals surface area contributed by atoms with Crippen LogP contribution in [0, 0.1) is 0 Å². The molecule has 2 aromatic carbocycles. The van der Waals surface area contributed by atoms with Crippen molar-refractivity contribution in [2.75, 3.05) is 25.1 Å². The highest BCUT2D eigenvalue weighted by atomic mass is 16.5. The molecule has 4 rings (SSSR count). The highest BCUT2D eigenvalue weighted by molar-refractivity contribution is 6.45. The summed E-state index contributed by atoms with van der Waals surface area (Å²) in [4.78, 5) is 30.5. The summed E-state index contributed by atoms with van der Waals surface area (Å²) in [6.45, 7) is 5.38. The van der Waals surface area contributed by atoms with Crippen LogP contribution in [-0.2, 0) is 9.59 Å². The van der Waals surface area contributed by atoms with Crippen LogP contribution < -0.4 is 14.4 Å². The molecule has 2 heterocycles. The van der Waals surface area contributed by atoms with Gasteiger partial charge in [0.1, 0.15) is 17.2 Å². The number of hydrogen-bond acceptors (Lipinski definition) is 5. The molecule has 0 atom stereocenters. The fraction of sp³-hybridized carbons (Fsp3) is 0.333. The number of carbonyl (C=O) groups is 2. The molecule has 0 N–H and O–H groups in total. The van der Waals surface area contributed by atoms with Crippen molar-refractivity contribution >= 4 is 23.1 Å². The number of likely N-dealkylation sites (tertiary alicyclic amines) is 1. The van der Waals surface area contributed by atoms with E-state index in [1.54, 1.807) is 31.4 Å². The first-order valence-electron chi connectivity index (χ1n) is 10.3. The van der Waals surface area contributed by atoms with Crippen LogP contribution in [0.15, 0.2) is 54.2 Å². The topological polar surface area (TPSA) is 59.1 Å². The van der Waals surface area contributed by atoms with Crippen molar-refractivity contribution < 1.29 is 19.1 Å². The molecular formula is C24H26N2O4. The van der Waals surface area contributed by atoms with E-state index in [1.165, 1.54) is 4.90 Å². The predicted octanol–water partition coefficient (Wildman–Crippen LogP) is 3.86. The summed E-state index contributed by atoms with van der Waals surface area (Å²) in [6, 6.07) is 14.5. The molecule has 6 heteroatoms. The van der Waals surface area contributed by atoms with Gasteiger partial charge in [0, 0.05) is 13.1 Å². The first-order valence-corrected chi connectivity index (χ1v) is 10.3. The summed E-state index contributed by atoms with van der Waals surface area (Å²) in [5.41, 5.74) is 2.09. The Hall–Kier alpha value is -3.28. The third kappa shape index (κ3) is 3.54. The Morgan fingerprint density at radius 3 is 2.20 bits per heavy atom. The van der Waals surface area contributed by atoms with Crippen molar-refractivity contribution in [1.29, 1.82) is 0 Å². The standard InChI is InChI=1S/C24H26N2O4/c1-16(2)30-20-9-5-4-8-19(20)26-23(27)21(17-10-12-18(29-3)13-11-17)22(24(26)28)25-14-6-7-15-25/h4-5,8-13,16H,6-7,14-15H2,1-3H3. The van der Waals surface area contributed by atoms with Crippen LogP contribution in [0.1, 0.15) is 32.3 Å². The number of ether oxygens (including phenoxy) is 2. The minimum atomic E-state index is -0.327. The average Bonchev–Trinajstić information content (AvgIpc) is 3.34. The highest BCUT2D eigenvalue weighted by Crippen LogP contribution is 2.39. The summed E-state index contributed by atoms with van der Waals surface area (Å²) in [5.74, 6) is 0.594. The quantitative estimate of drug-likeness (QED) is 0.682. The smallest absolute Gasteiger partial charge is 0.282 e. The second kappa shape index (κ2) is 8.22. The molecule has 0 unspecified atom stereocenters. The number of rotatable bonds is 6. The Morgan fingerprint density at radius 1 is 0.900 bits per heavy atom. The lowest BCUT2D eigenvalue weighted by Crippen LogP contribution is -2.35. The number of nitrogens with zero attached hydrogens (tertiary/aromatic N) is 2. The van der Waals surface area contributed by atoms with E-state index in [9.17, 15) is 9.59 Å². The molecule has 1 fully saturated rings. The summed E-state index contributed by atoms with van der Waals surface area (Å²) in [6.07, 6.45) is 1.94. The lowest BCUT2D eigenvalue weighted by Gasteiger charge is -2.22. The number of carbonyl (C=O) groups excluding carboxylic acids is 2. The van der Waals surface area contributed by atoms with Crippen LogP contribution in [0.3, 0.4) is 0 Å². The first kappa shape index (κ1) is 20.0. The van der Waals surface area contributed by atoms with Gasteiger partial charge in [-0.3, -0.25) is 9.59 Å². The van der Waals surface area contributed by atoms with Crippen molar-refractivity contribution in [3.63, 3.8) is 0 Å². The van der Waals surface area contributed by atoms with Gasteiger partial charge in [0.05, 0.1) is 24.5 Å². The Balaban J connectivity index is 1.81. The van der Waals surface area contributed by atoms with Gasteiger partial charge in [-0.1, -0.05) is 24.3 Å². The number of imide groups is 1. The summed E-state index contributed by atoms with van der Waals surface area (Å²) in [5, 5.41) is 0. The van der Waals surface area contributed by atoms with Crippen LogP contribution in [0.25, 0.3) is 5.57 Å². The van der Waals surface area contributed by atoms with Gasteiger partial charge >= 0.3 is 0 Å². The lowest BCUT2D eigenvalue weighted by atomic mass is 10.0.